The fourth-order valence-electron chi connectivity index (χ4n) is 3.32. The Kier molecular flexibility index (Phi) is 6.29. The average Bonchev–Trinajstić information content (AvgIpc) is 2.69. The Morgan fingerprint density at radius 2 is 1.89 bits per heavy atom. The molecular formula is C21H26FN3O2. The minimum atomic E-state index is -0.345. The Bertz CT molecular complexity index is 789. The van der Waals surface area contributed by atoms with Gasteiger partial charge in [0.1, 0.15) is 0 Å². The first-order chi connectivity index (χ1) is 13.1. The number of carbonyl (C=O) groups is 1. The highest BCUT2D eigenvalue weighted by atomic mass is 19.1. The molecule has 6 heteroatoms. The minimum Gasteiger partial charge on any atom is -0.494 e. The molecule has 5 nitrogen and oxygen atoms in total. The van der Waals surface area contributed by atoms with Crippen LogP contribution in [0.4, 0.5) is 14.9 Å². The van der Waals surface area contributed by atoms with Gasteiger partial charge in [-0.3, -0.25) is 4.90 Å². The Balaban J connectivity index is 1.52. The zero-order valence-electron chi connectivity index (χ0n) is 15.9. The molecule has 1 saturated heterocycles. The van der Waals surface area contributed by atoms with Gasteiger partial charge in [0.05, 0.1) is 7.11 Å². The fourth-order valence-corrected chi connectivity index (χ4v) is 3.32. The van der Waals surface area contributed by atoms with Gasteiger partial charge in [-0.25, -0.2) is 9.18 Å². The van der Waals surface area contributed by atoms with E-state index in [-0.39, 0.29) is 17.6 Å². The second-order valence-corrected chi connectivity index (χ2v) is 6.67. The molecule has 0 saturated carbocycles. The standard InChI is InChI=1S/C21H26FN3O2/c1-3-17-6-4-5-7-19(17)23-21(26)25-12-10-24(11-13-25)15-16-8-9-20(27-2)18(22)14-16/h4-9,14H,3,10-13,15H2,1-2H3,(H,23,26). The van der Waals surface area contributed by atoms with Crippen LogP contribution in [-0.4, -0.2) is 49.1 Å². The molecule has 2 amide bonds. The lowest BCUT2D eigenvalue weighted by Crippen LogP contribution is -2.49. The largest absolute Gasteiger partial charge is 0.494 e. The molecule has 0 unspecified atom stereocenters. The van der Waals surface area contributed by atoms with E-state index in [2.05, 4.69) is 17.1 Å². The van der Waals surface area contributed by atoms with Crippen molar-refractivity contribution in [3.8, 4) is 5.75 Å². The van der Waals surface area contributed by atoms with E-state index in [9.17, 15) is 9.18 Å². The van der Waals surface area contributed by atoms with Gasteiger partial charge in [-0.2, -0.15) is 0 Å². The highest BCUT2D eigenvalue weighted by Crippen LogP contribution is 2.20. The third kappa shape index (κ3) is 4.77. The summed E-state index contributed by atoms with van der Waals surface area (Å²) in [6.45, 7) is 5.56. The molecule has 2 aromatic rings. The summed E-state index contributed by atoms with van der Waals surface area (Å²) >= 11 is 0. The van der Waals surface area contributed by atoms with Crippen LogP contribution in [0.25, 0.3) is 0 Å². The molecule has 0 atom stereocenters. The maximum atomic E-state index is 13.8. The van der Waals surface area contributed by atoms with Crippen molar-refractivity contribution in [2.24, 2.45) is 0 Å². The smallest absolute Gasteiger partial charge is 0.321 e. The molecular weight excluding hydrogens is 345 g/mol. The molecule has 27 heavy (non-hydrogen) atoms. The topological polar surface area (TPSA) is 44.8 Å². The molecule has 1 N–H and O–H groups in total. The normalized spacial score (nSPS) is 14.9. The van der Waals surface area contributed by atoms with Crippen LogP contribution in [0.1, 0.15) is 18.1 Å². The van der Waals surface area contributed by atoms with Crippen LogP contribution in [0.2, 0.25) is 0 Å². The monoisotopic (exact) mass is 371 g/mol. The molecule has 0 aliphatic carbocycles. The van der Waals surface area contributed by atoms with Gasteiger partial charge in [-0.1, -0.05) is 31.2 Å². The summed E-state index contributed by atoms with van der Waals surface area (Å²) in [5.41, 5.74) is 2.91. The van der Waals surface area contributed by atoms with Crippen molar-refractivity contribution >= 4 is 11.7 Å². The van der Waals surface area contributed by atoms with Gasteiger partial charge < -0.3 is 15.0 Å². The summed E-state index contributed by atoms with van der Waals surface area (Å²) in [4.78, 5) is 16.6. The number of piperazine rings is 1. The van der Waals surface area contributed by atoms with E-state index < -0.39 is 0 Å². The summed E-state index contributed by atoms with van der Waals surface area (Å²) in [5, 5.41) is 3.02. The molecule has 0 aromatic heterocycles. The van der Waals surface area contributed by atoms with Crippen molar-refractivity contribution in [3.63, 3.8) is 0 Å². The number of anilines is 1. The van der Waals surface area contributed by atoms with Crippen LogP contribution in [0.3, 0.4) is 0 Å². The van der Waals surface area contributed by atoms with Crippen molar-refractivity contribution in [3.05, 3.63) is 59.4 Å². The zero-order chi connectivity index (χ0) is 19.2. The number of aryl methyl sites for hydroxylation is 1. The van der Waals surface area contributed by atoms with Crippen molar-refractivity contribution < 1.29 is 13.9 Å². The number of para-hydroxylation sites is 1. The number of hydrogen-bond acceptors (Lipinski definition) is 3. The molecule has 144 valence electrons. The number of benzene rings is 2. The first-order valence-corrected chi connectivity index (χ1v) is 9.29. The summed E-state index contributed by atoms with van der Waals surface area (Å²) in [6.07, 6.45) is 0.878. The third-order valence-corrected chi connectivity index (χ3v) is 4.92. The first-order valence-electron chi connectivity index (χ1n) is 9.29. The number of hydrogen-bond donors (Lipinski definition) is 1. The van der Waals surface area contributed by atoms with E-state index in [0.29, 0.717) is 19.6 Å². The molecule has 1 aliphatic heterocycles. The second kappa shape index (κ2) is 8.86. The van der Waals surface area contributed by atoms with E-state index in [1.54, 1.807) is 6.07 Å². The molecule has 1 heterocycles. The van der Waals surface area contributed by atoms with Crippen LogP contribution in [0.5, 0.6) is 5.75 Å². The van der Waals surface area contributed by atoms with Crippen LogP contribution < -0.4 is 10.1 Å². The van der Waals surface area contributed by atoms with E-state index in [1.165, 1.54) is 13.2 Å². The number of nitrogens with one attached hydrogen (secondary N) is 1. The Labute approximate surface area is 159 Å². The molecule has 0 bridgehead atoms. The number of ether oxygens (including phenoxy) is 1. The number of halogens is 1. The van der Waals surface area contributed by atoms with Gasteiger partial charge in [-0.15, -0.1) is 0 Å². The van der Waals surface area contributed by atoms with Crippen LogP contribution in [0.15, 0.2) is 42.5 Å². The van der Waals surface area contributed by atoms with E-state index in [1.807, 2.05) is 35.2 Å². The number of urea groups is 1. The summed E-state index contributed by atoms with van der Waals surface area (Å²) in [5.74, 6) is -0.0878. The molecule has 0 spiro atoms. The number of rotatable bonds is 5. The van der Waals surface area contributed by atoms with Crippen molar-refractivity contribution in [1.82, 2.24) is 9.80 Å². The average molecular weight is 371 g/mol. The lowest BCUT2D eigenvalue weighted by molar-refractivity contribution is 0.143. The van der Waals surface area contributed by atoms with Gasteiger partial charge in [0, 0.05) is 38.4 Å². The predicted molar refractivity (Wildman–Crippen MR) is 105 cm³/mol. The van der Waals surface area contributed by atoms with Crippen LogP contribution in [0, 0.1) is 5.82 Å². The predicted octanol–water partition coefficient (Wildman–Crippen LogP) is 3.75. The van der Waals surface area contributed by atoms with Gasteiger partial charge in [-0.05, 0) is 35.7 Å². The number of methoxy groups -OCH3 is 1. The summed E-state index contributed by atoms with van der Waals surface area (Å²) in [7, 11) is 1.46. The zero-order valence-corrected chi connectivity index (χ0v) is 15.9. The molecule has 1 fully saturated rings. The Morgan fingerprint density at radius 1 is 1.15 bits per heavy atom. The molecule has 3 rings (SSSR count). The fraction of sp³-hybridized carbons (Fsp3) is 0.381. The quantitative estimate of drug-likeness (QED) is 0.871. The summed E-state index contributed by atoms with van der Waals surface area (Å²) < 4.78 is 18.8. The minimum absolute atomic E-state index is 0.0639. The molecule has 1 aliphatic rings. The van der Waals surface area contributed by atoms with Gasteiger partial charge >= 0.3 is 6.03 Å². The molecule has 2 aromatic carbocycles. The summed E-state index contributed by atoms with van der Waals surface area (Å²) in [6, 6.07) is 12.9. The second-order valence-electron chi connectivity index (χ2n) is 6.67. The highest BCUT2D eigenvalue weighted by molar-refractivity contribution is 5.90. The van der Waals surface area contributed by atoms with E-state index in [4.69, 9.17) is 4.74 Å². The van der Waals surface area contributed by atoms with Crippen molar-refractivity contribution in [2.75, 3.05) is 38.6 Å². The van der Waals surface area contributed by atoms with Crippen LogP contribution >= 0.6 is 0 Å². The highest BCUT2D eigenvalue weighted by Gasteiger charge is 2.21. The van der Waals surface area contributed by atoms with E-state index >= 15 is 0 Å². The van der Waals surface area contributed by atoms with Crippen molar-refractivity contribution in [1.29, 1.82) is 0 Å². The SMILES string of the molecule is CCc1ccccc1NC(=O)N1CCN(Cc2ccc(OC)c(F)c2)CC1. The maximum absolute atomic E-state index is 13.8. The van der Waals surface area contributed by atoms with Gasteiger partial charge in [0.2, 0.25) is 0 Å². The van der Waals surface area contributed by atoms with Crippen molar-refractivity contribution in [2.45, 2.75) is 19.9 Å². The Hall–Kier alpha value is -2.60. The van der Waals surface area contributed by atoms with E-state index in [0.717, 1.165) is 36.3 Å². The lowest BCUT2D eigenvalue weighted by atomic mass is 10.1. The third-order valence-electron chi connectivity index (χ3n) is 4.92. The van der Waals surface area contributed by atoms with Gasteiger partial charge in [0.15, 0.2) is 11.6 Å². The number of amides is 2. The lowest BCUT2D eigenvalue weighted by Gasteiger charge is -2.34. The van der Waals surface area contributed by atoms with Crippen LogP contribution in [-0.2, 0) is 13.0 Å². The number of nitrogens with zero attached hydrogens (tertiary/aromatic N) is 2. The molecule has 0 radical (unpaired) electrons. The maximum Gasteiger partial charge on any atom is 0.321 e. The first kappa shape index (κ1) is 19.2. The van der Waals surface area contributed by atoms with Gasteiger partial charge in [0.25, 0.3) is 0 Å². The number of carbonyl (C=O) groups excluding carboxylic acids is 1. The Morgan fingerprint density at radius 3 is 2.56 bits per heavy atom.